The van der Waals surface area contributed by atoms with E-state index in [1.165, 1.54) is 12.1 Å². The van der Waals surface area contributed by atoms with Gasteiger partial charge in [0.15, 0.2) is 0 Å². The highest BCUT2D eigenvalue weighted by Crippen LogP contribution is 2.33. The van der Waals surface area contributed by atoms with E-state index in [1.807, 2.05) is 24.3 Å². The number of aromatic nitrogens is 1. The molecular weight excluding hydrogens is 516 g/mol. The largest absolute Gasteiger partial charge is 0.497 e. The molecule has 164 valence electrons. The van der Waals surface area contributed by atoms with Crippen molar-refractivity contribution in [3.8, 4) is 17.2 Å². The molecule has 4 rings (SSSR count). The summed E-state index contributed by atoms with van der Waals surface area (Å²) >= 11 is 9.29. The number of hydrogen-bond acceptors (Lipinski definition) is 6. The van der Waals surface area contributed by atoms with Crippen molar-refractivity contribution >= 4 is 43.3 Å². The zero-order valence-electron chi connectivity index (χ0n) is 16.9. The first-order valence-corrected chi connectivity index (χ1v) is 12.2. The summed E-state index contributed by atoms with van der Waals surface area (Å²) in [6.07, 6.45) is 0. The van der Waals surface area contributed by atoms with E-state index in [2.05, 4.69) is 26.2 Å². The van der Waals surface area contributed by atoms with E-state index in [0.29, 0.717) is 17.1 Å². The molecule has 0 spiro atoms. The number of methoxy groups -OCH3 is 1. The second kappa shape index (κ2) is 9.36. The molecule has 0 fully saturated rings. The summed E-state index contributed by atoms with van der Waals surface area (Å²) in [5.74, 6) is 0.972. The van der Waals surface area contributed by atoms with Gasteiger partial charge >= 0.3 is 0 Å². The minimum atomic E-state index is -3.93. The SMILES string of the molecule is COc1ccc(CNc2oc(-c3ccc(Cl)cc3)nc2S(=O)(=O)c2ccc(Br)cc2)cc1. The monoisotopic (exact) mass is 532 g/mol. The summed E-state index contributed by atoms with van der Waals surface area (Å²) in [7, 11) is -2.33. The first kappa shape index (κ1) is 22.4. The Morgan fingerprint density at radius 1 is 1.00 bits per heavy atom. The van der Waals surface area contributed by atoms with Crippen molar-refractivity contribution in [2.75, 3.05) is 12.4 Å². The van der Waals surface area contributed by atoms with Gasteiger partial charge in [-0.05, 0) is 66.2 Å². The number of oxazole rings is 1. The lowest BCUT2D eigenvalue weighted by molar-refractivity contribution is 0.414. The Kier molecular flexibility index (Phi) is 6.55. The normalized spacial score (nSPS) is 11.3. The van der Waals surface area contributed by atoms with Crippen molar-refractivity contribution in [1.82, 2.24) is 4.98 Å². The third-order valence-corrected chi connectivity index (χ3v) is 7.14. The first-order valence-electron chi connectivity index (χ1n) is 9.51. The molecule has 1 heterocycles. The highest BCUT2D eigenvalue weighted by molar-refractivity contribution is 9.10. The fourth-order valence-corrected chi connectivity index (χ4v) is 4.64. The molecule has 0 aliphatic heterocycles. The summed E-state index contributed by atoms with van der Waals surface area (Å²) < 4.78 is 38.5. The van der Waals surface area contributed by atoms with Crippen LogP contribution in [0.25, 0.3) is 11.5 Å². The standard InChI is InChI=1S/C23H18BrClN2O4S/c1-30-19-10-2-15(3-11-19)14-26-22-23(32(28,29)20-12-6-17(24)7-13-20)27-21(31-22)16-4-8-18(25)9-5-16/h2-13,26H,14H2,1H3. The quantitative estimate of drug-likeness (QED) is 0.304. The van der Waals surface area contributed by atoms with Crippen molar-refractivity contribution in [3.05, 3.63) is 87.9 Å². The third kappa shape index (κ3) is 4.82. The summed E-state index contributed by atoms with van der Waals surface area (Å²) in [5.41, 5.74) is 1.53. The van der Waals surface area contributed by atoms with Crippen molar-refractivity contribution in [2.45, 2.75) is 16.5 Å². The van der Waals surface area contributed by atoms with Gasteiger partial charge in [-0.2, -0.15) is 4.98 Å². The maximum atomic E-state index is 13.3. The highest BCUT2D eigenvalue weighted by Gasteiger charge is 2.28. The Labute approximate surface area is 199 Å². The predicted molar refractivity (Wildman–Crippen MR) is 127 cm³/mol. The zero-order chi connectivity index (χ0) is 22.7. The molecule has 0 atom stereocenters. The number of halogens is 2. The van der Waals surface area contributed by atoms with Crippen molar-refractivity contribution in [1.29, 1.82) is 0 Å². The molecule has 0 aliphatic rings. The summed E-state index contributed by atoms with van der Waals surface area (Å²) in [6.45, 7) is 0.335. The highest BCUT2D eigenvalue weighted by atomic mass is 79.9. The molecule has 0 aliphatic carbocycles. The van der Waals surface area contributed by atoms with E-state index >= 15 is 0 Å². The minimum absolute atomic E-state index is 0.0636. The molecule has 0 saturated heterocycles. The summed E-state index contributed by atoms with van der Waals surface area (Å²) in [5, 5.41) is 3.45. The number of hydrogen-bond donors (Lipinski definition) is 1. The minimum Gasteiger partial charge on any atom is -0.497 e. The first-order chi connectivity index (χ1) is 15.4. The van der Waals surface area contributed by atoms with Crippen LogP contribution in [0.1, 0.15) is 5.56 Å². The Balaban J connectivity index is 1.72. The van der Waals surface area contributed by atoms with Gasteiger partial charge in [0.05, 0.1) is 12.0 Å². The van der Waals surface area contributed by atoms with Gasteiger partial charge in [0.1, 0.15) is 5.75 Å². The maximum absolute atomic E-state index is 13.3. The van der Waals surface area contributed by atoms with E-state index in [1.54, 1.807) is 43.5 Å². The van der Waals surface area contributed by atoms with Crippen molar-refractivity contribution in [3.63, 3.8) is 0 Å². The molecular formula is C23H18BrClN2O4S. The average Bonchev–Trinajstić information content (AvgIpc) is 3.24. The maximum Gasteiger partial charge on any atom is 0.234 e. The topological polar surface area (TPSA) is 81.4 Å². The van der Waals surface area contributed by atoms with Gasteiger partial charge in [0.25, 0.3) is 0 Å². The molecule has 3 aromatic carbocycles. The van der Waals surface area contributed by atoms with Gasteiger partial charge in [-0.1, -0.05) is 39.7 Å². The Morgan fingerprint density at radius 3 is 2.28 bits per heavy atom. The Hall–Kier alpha value is -2.81. The van der Waals surface area contributed by atoms with Crippen LogP contribution in [0.15, 0.2) is 91.6 Å². The van der Waals surface area contributed by atoms with Crippen LogP contribution < -0.4 is 10.1 Å². The lowest BCUT2D eigenvalue weighted by Gasteiger charge is -2.07. The second-order valence-corrected chi connectivity index (χ2v) is 10.0. The number of ether oxygens (including phenoxy) is 1. The molecule has 0 radical (unpaired) electrons. The van der Waals surface area contributed by atoms with E-state index in [9.17, 15) is 8.42 Å². The second-order valence-electron chi connectivity index (χ2n) is 6.82. The fourth-order valence-electron chi connectivity index (χ4n) is 2.97. The lowest BCUT2D eigenvalue weighted by Crippen LogP contribution is -2.07. The van der Waals surface area contributed by atoms with Gasteiger partial charge in [0, 0.05) is 21.6 Å². The number of nitrogens with zero attached hydrogens (tertiary/aromatic N) is 1. The van der Waals surface area contributed by atoms with Gasteiger partial charge in [0.2, 0.25) is 26.6 Å². The summed E-state index contributed by atoms with van der Waals surface area (Å²) in [6, 6.07) is 20.6. The van der Waals surface area contributed by atoms with Crippen LogP contribution >= 0.6 is 27.5 Å². The van der Waals surface area contributed by atoms with Crippen molar-refractivity contribution < 1.29 is 17.6 Å². The lowest BCUT2D eigenvalue weighted by atomic mass is 10.2. The molecule has 4 aromatic rings. The van der Waals surface area contributed by atoms with E-state index in [-0.39, 0.29) is 21.7 Å². The van der Waals surface area contributed by atoms with E-state index in [0.717, 1.165) is 15.8 Å². The third-order valence-electron chi connectivity index (χ3n) is 4.68. The van der Waals surface area contributed by atoms with Crippen LogP contribution in [-0.4, -0.2) is 20.5 Å². The molecule has 6 nitrogen and oxygen atoms in total. The number of rotatable bonds is 7. The van der Waals surface area contributed by atoms with Gasteiger partial charge < -0.3 is 14.5 Å². The van der Waals surface area contributed by atoms with Gasteiger partial charge in [-0.3, -0.25) is 0 Å². The fraction of sp³-hybridized carbons (Fsp3) is 0.0870. The predicted octanol–water partition coefficient (Wildman–Crippen LogP) is 6.21. The van der Waals surface area contributed by atoms with Gasteiger partial charge in [-0.25, -0.2) is 8.42 Å². The molecule has 1 aromatic heterocycles. The molecule has 9 heteroatoms. The number of anilines is 1. The van der Waals surface area contributed by atoms with E-state index < -0.39 is 9.84 Å². The average molecular weight is 534 g/mol. The molecule has 0 bridgehead atoms. The Morgan fingerprint density at radius 2 is 1.66 bits per heavy atom. The van der Waals surface area contributed by atoms with E-state index in [4.69, 9.17) is 20.8 Å². The summed E-state index contributed by atoms with van der Waals surface area (Å²) in [4.78, 5) is 4.44. The number of sulfone groups is 1. The van der Waals surface area contributed by atoms with Crippen LogP contribution in [0, 0.1) is 0 Å². The molecule has 1 N–H and O–H groups in total. The molecule has 0 unspecified atom stereocenters. The van der Waals surface area contributed by atoms with Crippen LogP contribution in [0.3, 0.4) is 0 Å². The van der Waals surface area contributed by atoms with Crippen molar-refractivity contribution in [2.24, 2.45) is 0 Å². The van der Waals surface area contributed by atoms with Crippen LogP contribution in [0.5, 0.6) is 5.75 Å². The van der Waals surface area contributed by atoms with Crippen LogP contribution in [0.2, 0.25) is 5.02 Å². The van der Waals surface area contributed by atoms with Crippen LogP contribution in [0.4, 0.5) is 5.88 Å². The van der Waals surface area contributed by atoms with Gasteiger partial charge in [-0.15, -0.1) is 0 Å². The molecule has 0 amide bonds. The Bertz CT molecular complexity index is 1320. The number of benzene rings is 3. The molecule has 32 heavy (non-hydrogen) atoms. The smallest absolute Gasteiger partial charge is 0.234 e. The molecule has 0 saturated carbocycles. The zero-order valence-corrected chi connectivity index (χ0v) is 20.0. The van der Waals surface area contributed by atoms with Crippen LogP contribution in [-0.2, 0) is 16.4 Å². The number of nitrogens with one attached hydrogen (secondary N) is 1.